The molecule has 1 aliphatic heterocycles. The van der Waals surface area contributed by atoms with Crippen LogP contribution in [0.4, 0.5) is 5.69 Å². The highest BCUT2D eigenvalue weighted by molar-refractivity contribution is 9.10. The molecule has 1 aromatic carbocycles. The molecule has 1 saturated carbocycles. The molecule has 0 amide bonds. The van der Waals surface area contributed by atoms with E-state index in [1.54, 1.807) is 0 Å². The minimum absolute atomic E-state index is 0.264. The Labute approximate surface area is 137 Å². The van der Waals surface area contributed by atoms with E-state index in [1.165, 1.54) is 12.8 Å². The molecule has 1 aliphatic carbocycles. The molecule has 1 atom stereocenters. The number of pyridine rings is 1. The molecule has 2 heterocycles. The minimum Gasteiger partial charge on any atom is -0.481 e. The molecule has 0 bridgehead atoms. The summed E-state index contributed by atoms with van der Waals surface area (Å²) in [5, 5.41) is 10.3. The maximum atomic E-state index is 11.2. The van der Waals surface area contributed by atoms with Gasteiger partial charge in [-0.25, -0.2) is 0 Å². The van der Waals surface area contributed by atoms with E-state index in [4.69, 9.17) is 4.98 Å². The van der Waals surface area contributed by atoms with Gasteiger partial charge in [0.15, 0.2) is 0 Å². The maximum absolute atomic E-state index is 11.2. The Kier molecular flexibility index (Phi) is 3.33. The third-order valence-corrected chi connectivity index (χ3v) is 5.30. The van der Waals surface area contributed by atoms with Gasteiger partial charge in [0.2, 0.25) is 0 Å². The molecule has 1 unspecified atom stereocenters. The monoisotopic (exact) mass is 360 g/mol. The van der Waals surface area contributed by atoms with Crippen LogP contribution in [-0.4, -0.2) is 29.1 Å². The van der Waals surface area contributed by atoms with Crippen molar-refractivity contribution >= 4 is 38.5 Å². The van der Waals surface area contributed by atoms with E-state index < -0.39 is 5.97 Å². The number of aliphatic carboxylic acids is 1. The summed E-state index contributed by atoms with van der Waals surface area (Å²) in [5.74, 6) is -0.377. The lowest BCUT2D eigenvalue weighted by Crippen LogP contribution is -2.23. The molecule has 4 nitrogen and oxygen atoms in total. The molecule has 114 valence electrons. The summed E-state index contributed by atoms with van der Waals surface area (Å²) in [6.07, 6.45) is 3.13. The van der Waals surface area contributed by atoms with E-state index in [0.717, 1.165) is 33.3 Å². The summed E-state index contributed by atoms with van der Waals surface area (Å²) >= 11 is 3.60. The number of nitrogens with zero attached hydrogens (tertiary/aromatic N) is 2. The zero-order valence-electron chi connectivity index (χ0n) is 12.1. The number of carbonyl (C=O) groups is 1. The van der Waals surface area contributed by atoms with Crippen molar-refractivity contribution in [2.75, 3.05) is 18.0 Å². The van der Waals surface area contributed by atoms with Gasteiger partial charge in [-0.2, -0.15) is 0 Å². The van der Waals surface area contributed by atoms with E-state index in [2.05, 4.69) is 33.0 Å². The van der Waals surface area contributed by atoms with E-state index in [9.17, 15) is 9.90 Å². The number of anilines is 1. The fourth-order valence-corrected chi connectivity index (χ4v) is 3.70. The van der Waals surface area contributed by atoms with Gasteiger partial charge in [-0.1, -0.05) is 12.1 Å². The number of benzene rings is 1. The number of hydrogen-bond donors (Lipinski definition) is 1. The largest absolute Gasteiger partial charge is 0.481 e. The first-order valence-electron chi connectivity index (χ1n) is 7.70. The quantitative estimate of drug-likeness (QED) is 0.904. The van der Waals surface area contributed by atoms with Crippen LogP contribution < -0.4 is 4.90 Å². The highest BCUT2D eigenvalue weighted by Gasteiger charge is 2.31. The van der Waals surface area contributed by atoms with Crippen molar-refractivity contribution in [3.8, 4) is 0 Å². The summed E-state index contributed by atoms with van der Waals surface area (Å²) in [7, 11) is 0. The van der Waals surface area contributed by atoms with Crippen molar-refractivity contribution in [1.82, 2.24) is 4.98 Å². The molecule has 1 N–H and O–H groups in total. The molecule has 2 aromatic rings. The summed E-state index contributed by atoms with van der Waals surface area (Å²) in [6, 6.07) is 8.28. The van der Waals surface area contributed by atoms with E-state index >= 15 is 0 Å². The average molecular weight is 361 g/mol. The third-order valence-electron chi connectivity index (χ3n) is 4.66. The first-order chi connectivity index (χ1) is 10.6. The molecule has 1 saturated heterocycles. The molecule has 22 heavy (non-hydrogen) atoms. The lowest BCUT2D eigenvalue weighted by atomic mass is 10.1. The van der Waals surface area contributed by atoms with Crippen LogP contribution >= 0.6 is 15.9 Å². The van der Waals surface area contributed by atoms with Gasteiger partial charge in [0.1, 0.15) is 0 Å². The SMILES string of the molecule is O=C(O)C1CCN(c2cc(C3CC3)nc3c(Br)cccc23)C1. The van der Waals surface area contributed by atoms with Gasteiger partial charge in [0.05, 0.1) is 11.4 Å². The van der Waals surface area contributed by atoms with Crippen LogP contribution in [0.1, 0.15) is 30.9 Å². The molecule has 0 spiro atoms. The Morgan fingerprint density at radius 1 is 1.32 bits per heavy atom. The first-order valence-corrected chi connectivity index (χ1v) is 8.49. The number of aromatic nitrogens is 1. The van der Waals surface area contributed by atoms with Gasteiger partial charge < -0.3 is 10.0 Å². The summed E-state index contributed by atoms with van der Waals surface area (Å²) in [5.41, 5.74) is 3.27. The number of para-hydroxylation sites is 1. The molecule has 4 rings (SSSR count). The molecule has 5 heteroatoms. The summed E-state index contributed by atoms with van der Waals surface area (Å²) < 4.78 is 1.00. The highest BCUT2D eigenvalue weighted by Crippen LogP contribution is 2.43. The second-order valence-electron chi connectivity index (χ2n) is 6.25. The van der Waals surface area contributed by atoms with Crippen LogP contribution in [0.3, 0.4) is 0 Å². The van der Waals surface area contributed by atoms with E-state index in [0.29, 0.717) is 18.9 Å². The van der Waals surface area contributed by atoms with Crippen LogP contribution in [0.25, 0.3) is 10.9 Å². The van der Waals surface area contributed by atoms with Crippen LogP contribution in [-0.2, 0) is 4.79 Å². The normalized spacial score (nSPS) is 21.5. The highest BCUT2D eigenvalue weighted by atomic mass is 79.9. The van der Waals surface area contributed by atoms with Crippen LogP contribution in [0.5, 0.6) is 0 Å². The van der Waals surface area contributed by atoms with Crippen molar-refractivity contribution in [2.45, 2.75) is 25.2 Å². The first kappa shape index (κ1) is 14.0. The van der Waals surface area contributed by atoms with E-state index in [-0.39, 0.29) is 5.92 Å². The fourth-order valence-electron chi connectivity index (χ4n) is 3.25. The standard InChI is InChI=1S/C17H17BrN2O2/c18-13-3-1-2-12-15(20-7-6-11(9-20)17(21)22)8-14(10-4-5-10)19-16(12)13/h1-3,8,10-11H,4-7,9H2,(H,21,22). The number of carboxylic acids is 1. The van der Waals surface area contributed by atoms with Gasteiger partial charge in [0, 0.05) is 40.2 Å². The minimum atomic E-state index is -0.690. The Balaban J connectivity index is 1.82. The number of fused-ring (bicyclic) bond motifs is 1. The lowest BCUT2D eigenvalue weighted by Gasteiger charge is -2.21. The zero-order valence-corrected chi connectivity index (χ0v) is 13.7. The van der Waals surface area contributed by atoms with Gasteiger partial charge in [-0.05, 0) is 47.3 Å². The zero-order chi connectivity index (χ0) is 15.3. The van der Waals surface area contributed by atoms with Crippen molar-refractivity contribution in [3.05, 3.63) is 34.4 Å². The van der Waals surface area contributed by atoms with Crippen molar-refractivity contribution in [3.63, 3.8) is 0 Å². The van der Waals surface area contributed by atoms with Crippen LogP contribution in [0.2, 0.25) is 0 Å². The van der Waals surface area contributed by atoms with Crippen LogP contribution in [0.15, 0.2) is 28.7 Å². The van der Waals surface area contributed by atoms with Gasteiger partial charge in [-0.15, -0.1) is 0 Å². The third kappa shape index (κ3) is 2.37. The van der Waals surface area contributed by atoms with Crippen molar-refractivity contribution in [2.24, 2.45) is 5.92 Å². The van der Waals surface area contributed by atoms with Crippen molar-refractivity contribution in [1.29, 1.82) is 0 Å². The number of halogens is 1. The van der Waals surface area contributed by atoms with Gasteiger partial charge in [0.25, 0.3) is 0 Å². The predicted molar refractivity (Wildman–Crippen MR) is 89.4 cm³/mol. The number of carboxylic acid groups (broad SMARTS) is 1. The lowest BCUT2D eigenvalue weighted by molar-refractivity contribution is -0.140. The Morgan fingerprint density at radius 2 is 2.14 bits per heavy atom. The molecule has 2 aliphatic rings. The van der Waals surface area contributed by atoms with E-state index in [1.807, 2.05) is 12.1 Å². The molecular weight excluding hydrogens is 344 g/mol. The predicted octanol–water partition coefficient (Wildman–Crippen LogP) is 3.79. The van der Waals surface area contributed by atoms with Gasteiger partial charge >= 0.3 is 5.97 Å². The average Bonchev–Trinajstić information content (AvgIpc) is 3.23. The Bertz CT molecular complexity index is 758. The fraction of sp³-hybridized carbons (Fsp3) is 0.412. The number of rotatable bonds is 3. The second-order valence-corrected chi connectivity index (χ2v) is 7.10. The van der Waals surface area contributed by atoms with Crippen LogP contribution in [0, 0.1) is 5.92 Å². The summed E-state index contributed by atoms with van der Waals surface area (Å²) in [4.78, 5) is 18.3. The Hall–Kier alpha value is -1.62. The molecule has 1 aromatic heterocycles. The smallest absolute Gasteiger partial charge is 0.308 e. The molecule has 0 radical (unpaired) electrons. The van der Waals surface area contributed by atoms with Crippen molar-refractivity contribution < 1.29 is 9.90 Å². The molecule has 2 fully saturated rings. The number of hydrogen-bond acceptors (Lipinski definition) is 3. The maximum Gasteiger partial charge on any atom is 0.308 e. The Morgan fingerprint density at radius 3 is 2.82 bits per heavy atom. The van der Waals surface area contributed by atoms with Gasteiger partial charge in [-0.3, -0.25) is 9.78 Å². The molecular formula is C17H17BrN2O2. The summed E-state index contributed by atoms with van der Waals surface area (Å²) in [6.45, 7) is 1.39. The second kappa shape index (κ2) is 5.23. The topological polar surface area (TPSA) is 53.4 Å².